The summed E-state index contributed by atoms with van der Waals surface area (Å²) in [6.45, 7) is 7.33. The number of aryl methyl sites for hydroxylation is 1. The molecule has 0 amide bonds. The van der Waals surface area contributed by atoms with Gasteiger partial charge in [-0.05, 0) is 45.2 Å². The molecule has 0 aliphatic carbocycles. The molecule has 106 valence electrons. The topological polar surface area (TPSA) is 68.4 Å². The number of rotatable bonds is 4. The van der Waals surface area contributed by atoms with E-state index in [-0.39, 0.29) is 12.4 Å². The Kier molecular flexibility index (Phi) is 4.75. The van der Waals surface area contributed by atoms with E-state index in [1.165, 1.54) is 7.11 Å². The predicted molar refractivity (Wildman–Crippen MR) is 71.0 cm³/mol. The minimum atomic E-state index is -0.546. The molecular weight excluding hydrogens is 246 g/mol. The van der Waals surface area contributed by atoms with Crippen molar-refractivity contribution in [1.29, 1.82) is 0 Å². The second-order valence-electron chi connectivity index (χ2n) is 5.40. The van der Waals surface area contributed by atoms with Gasteiger partial charge in [0, 0.05) is 12.6 Å². The van der Waals surface area contributed by atoms with Gasteiger partial charge >= 0.3 is 11.9 Å². The first-order valence-corrected chi connectivity index (χ1v) is 6.21. The molecule has 1 rings (SSSR count). The van der Waals surface area contributed by atoms with E-state index in [1.54, 1.807) is 6.20 Å². The maximum atomic E-state index is 12.0. The number of hydrogen-bond donors (Lipinski definition) is 1. The van der Waals surface area contributed by atoms with Crippen molar-refractivity contribution in [2.45, 2.75) is 46.1 Å². The molecular formula is C14H21NO4. The van der Waals surface area contributed by atoms with Crippen molar-refractivity contribution in [1.82, 2.24) is 4.98 Å². The molecule has 5 heteroatoms. The van der Waals surface area contributed by atoms with Crippen LogP contribution in [0.15, 0.2) is 6.20 Å². The average Bonchev–Trinajstić information content (AvgIpc) is 2.65. The van der Waals surface area contributed by atoms with Crippen LogP contribution in [-0.2, 0) is 20.7 Å². The number of aromatic nitrogens is 1. The fourth-order valence-electron chi connectivity index (χ4n) is 1.71. The number of H-pyrrole nitrogens is 1. The maximum absolute atomic E-state index is 12.0. The van der Waals surface area contributed by atoms with Crippen LogP contribution in [0.25, 0.3) is 0 Å². The molecule has 0 bridgehead atoms. The van der Waals surface area contributed by atoms with E-state index in [1.807, 2.05) is 27.7 Å². The fraction of sp³-hybridized carbons (Fsp3) is 0.571. The van der Waals surface area contributed by atoms with Crippen LogP contribution in [0.4, 0.5) is 0 Å². The number of esters is 2. The lowest BCUT2D eigenvalue weighted by atomic mass is 10.1. The summed E-state index contributed by atoms with van der Waals surface area (Å²) < 4.78 is 9.93. The number of aromatic amines is 1. The molecule has 19 heavy (non-hydrogen) atoms. The molecule has 0 aromatic carbocycles. The smallest absolute Gasteiger partial charge is 0.355 e. The van der Waals surface area contributed by atoms with Gasteiger partial charge in [0.2, 0.25) is 0 Å². The minimum Gasteiger partial charge on any atom is -0.469 e. The van der Waals surface area contributed by atoms with Gasteiger partial charge in [0.25, 0.3) is 0 Å². The number of nitrogens with one attached hydrogen (secondary N) is 1. The molecule has 0 unspecified atom stereocenters. The molecule has 1 heterocycles. The molecule has 0 aliphatic rings. The molecule has 1 N–H and O–H groups in total. The Hall–Kier alpha value is -1.78. The van der Waals surface area contributed by atoms with Gasteiger partial charge in [0.05, 0.1) is 7.11 Å². The van der Waals surface area contributed by atoms with E-state index in [2.05, 4.69) is 9.72 Å². The lowest BCUT2D eigenvalue weighted by Crippen LogP contribution is -2.24. The SMILES string of the molecule is COC(=O)CCc1c(C)c[nH]c1C(=O)OC(C)(C)C. The first kappa shape index (κ1) is 15.3. The number of hydrogen-bond acceptors (Lipinski definition) is 4. The second-order valence-corrected chi connectivity index (χ2v) is 5.40. The predicted octanol–water partition coefficient (Wildman–Crippen LogP) is 2.38. The molecule has 1 aromatic rings. The fourth-order valence-corrected chi connectivity index (χ4v) is 1.71. The third-order valence-corrected chi connectivity index (χ3v) is 2.62. The molecule has 0 saturated carbocycles. The zero-order valence-corrected chi connectivity index (χ0v) is 12.1. The van der Waals surface area contributed by atoms with Crippen molar-refractivity contribution in [3.05, 3.63) is 23.0 Å². The van der Waals surface area contributed by atoms with Gasteiger partial charge in [-0.2, -0.15) is 0 Å². The molecule has 5 nitrogen and oxygen atoms in total. The highest BCUT2D eigenvalue weighted by molar-refractivity contribution is 5.90. The zero-order valence-electron chi connectivity index (χ0n) is 12.1. The summed E-state index contributed by atoms with van der Waals surface area (Å²) in [6.07, 6.45) is 2.44. The van der Waals surface area contributed by atoms with Crippen LogP contribution in [-0.4, -0.2) is 29.6 Å². The molecule has 0 spiro atoms. The Balaban J connectivity index is 2.85. The Morgan fingerprint density at radius 2 is 1.95 bits per heavy atom. The van der Waals surface area contributed by atoms with Crippen molar-refractivity contribution in [2.24, 2.45) is 0 Å². The van der Waals surface area contributed by atoms with Crippen LogP contribution < -0.4 is 0 Å². The zero-order chi connectivity index (χ0) is 14.6. The molecule has 0 fully saturated rings. The van der Waals surface area contributed by atoms with Crippen LogP contribution in [0.5, 0.6) is 0 Å². The van der Waals surface area contributed by atoms with Crippen molar-refractivity contribution in [3.8, 4) is 0 Å². The molecule has 0 atom stereocenters. The Labute approximate surface area is 113 Å². The highest BCUT2D eigenvalue weighted by atomic mass is 16.6. The summed E-state index contributed by atoms with van der Waals surface area (Å²) in [6, 6.07) is 0. The van der Waals surface area contributed by atoms with Gasteiger partial charge in [0.15, 0.2) is 0 Å². The third kappa shape index (κ3) is 4.43. The number of carbonyl (C=O) groups is 2. The summed E-state index contributed by atoms with van der Waals surface area (Å²) in [5.41, 5.74) is 1.61. The number of ether oxygens (including phenoxy) is 2. The lowest BCUT2D eigenvalue weighted by Gasteiger charge is -2.19. The van der Waals surface area contributed by atoms with Gasteiger partial charge in [0.1, 0.15) is 11.3 Å². The van der Waals surface area contributed by atoms with Crippen molar-refractivity contribution in [2.75, 3.05) is 7.11 Å². The van der Waals surface area contributed by atoms with Crippen LogP contribution in [0, 0.1) is 6.92 Å². The summed E-state index contributed by atoms with van der Waals surface area (Å²) in [5.74, 6) is -0.698. The van der Waals surface area contributed by atoms with E-state index in [0.717, 1.165) is 11.1 Å². The lowest BCUT2D eigenvalue weighted by molar-refractivity contribution is -0.140. The van der Waals surface area contributed by atoms with Crippen molar-refractivity contribution in [3.63, 3.8) is 0 Å². The van der Waals surface area contributed by atoms with E-state index in [0.29, 0.717) is 12.1 Å². The van der Waals surface area contributed by atoms with Crippen LogP contribution >= 0.6 is 0 Å². The first-order chi connectivity index (χ1) is 8.74. The van der Waals surface area contributed by atoms with Crippen LogP contribution in [0.2, 0.25) is 0 Å². The highest BCUT2D eigenvalue weighted by Gasteiger charge is 2.22. The Morgan fingerprint density at radius 1 is 1.32 bits per heavy atom. The molecule has 1 aromatic heterocycles. The number of methoxy groups -OCH3 is 1. The monoisotopic (exact) mass is 267 g/mol. The second kappa shape index (κ2) is 5.91. The van der Waals surface area contributed by atoms with Crippen molar-refractivity contribution < 1.29 is 19.1 Å². The normalized spacial score (nSPS) is 11.2. The third-order valence-electron chi connectivity index (χ3n) is 2.62. The highest BCUT2D eigenvalue weighted by Crippen LogP contribution is 2.19. The van der Waals surface area contributed by atoms with Gasteiger partial charge in [-0.15, -0.1) is 0 Å². The average molecular weight is 267 g/mol. The van der Waals surface area contributed by atoms with E-state index < -0.39 is 11.6 Å². The van der Waals surface area contributed by atoms with E-state index in [9.17, 15) is 9.59 Å². The summed E-state index contributed by atoms with van der Waals surface area (Å²) in [7, 11) is 1.35. The maximum Gasteiger partial charge on any atom is 0.355 e. The van der Waals surface area contributed by atoms with Gasteiger partial charge in [-0.3, -0.25) is 4.79 Å². The van der Waals surface area contributed by atoms with Gasteiger partial charge in [-0.25, -0.2) is 4.79 Å². The van der Waals surface area contributed by atoms with Gasteiger partial charge < -0.3 is 14.5 Å². The largest absolute Gasteiger partial charge is 0.469 e. The van der Waals surface area contributed by atoms with E-state index in [4.69, 9.17) is 4.74 Å². The Morgan fingerprint density at radius 3 is 2.47 bits per heavy atom. The van der Waals surface area contributed by atoms with Crippen LogP contribution in [0.1, 0.15) is 48.8 Å². The van der Waals surface area contributed by atoms with Crippen molar-refractivity contribution >= 4 is 11.9 Å². The Bertz CT molecular complexity index is 468. The minimum absolute atomic E-state index is 0.241. The standard InChI is InChI=1S/C14H21NO4/c1-9-8-15-12(13(17)19-14(2,3)4)10(9)6-7-11(16)18-5/h8,15H,6-7H2,1-5H3. The quantitative estimate of drug-likeness (QED) is 0.850. The summed E-state index contributed by atoms with van der Waals surface area (Å²) >= 11 is 0. The summed E-state index contributed by atoms with van der Waals surface area (Å²) in [5, 5.41) is 0. The van der Waals surface area contributed by atoms with Crippen LogP contribution in [0.3, 0.4) is 0 Å². The number of carbonyl (C=O) groups excluding carboxylic acids is 2. The molecule has 0 saturated heterocycles. The molecule has 0 aliphatic heterocycles. The first-order valence-electron chi connectivity index (χ1n) is 6.21. The van der Waals surface area contributed by atoms with E-state index >= 15 is 0 Å². The summed E-state index contributed by atoms with van der Waals surface area (Å²) in [4.78, 5) is 26.1. The van der Waals surface area contributed by atoms with Gasteiger partial charge in [-0.1, -0.05) is 0 Å². The molecule has 0 radical (unpaired) electrons.